The van der Waals surface area contributed by atoms with Gasteiger partial charge < -0.3 is 5.32 Å². The fraction of sp³-hybridized carbons (Fsp3) is 0.500. The van der Waals surface area contributed by atoms with Crippen LogP contribution in [0, 0.1) is 5.92 Å². The van der Waals surface area contributed by atoms with Crippen LogP contribution >= 0.6 is 0 Å². The highest BCUT2D eigenvalue weighted by atomic mass is 14.9. The van der Waals surface area contributed by atoms with E-state index in [2.05, 4.69) is 40.4 Å². The van der Waals surface area contributed by atoms with Crippen LogP contribution in [-0.2, 0) is 0 Å². The van der Waals surface area contributed by atoms with Gasteiger partial charge in [-0.25, -0.2) is 0 Å². The van der Waals surface area contributed by atoms with Gasteiger partial charge in [-0.1, -0.05) is 19.4 Å². The zero-order valence-corrected chi connectivity index (χ0v) is 11.5. The second-order valence-corrected chi connectivity index (χ2v) is 5.43. The molecule has 1 heterocycles. The number of rotatable bonds is 5. The normalized spacial score (nSPS) is 17.3. The number of fused-ring (bicyclic) bond motifs is 1. The molecule has 1 aromatic heterocycles. The molecule has 2 aromatic rings. The maximum absolute atomic E-state index is 4.42. The molecule has 0 saturated heterocycles. The SMILES string of the molecule is CCCNC(c1ccc2nccnc2c1)C1CCC1. The van der Waals surface area contributed by atoms with Gasteiger partial charge in [-0.3, -0.25) is 9.97 Å². The molecule has 0 bridgehead atoms. The van der Waals surface area contributed by atoms with E-state index in [1.54, 1.807) is 12.4 Å². The van der Waals surface area contributed by atoms with E-state index in [1.807, 2.05) is 0 Å². The maximum Gasteiger partial charge on any atom is 0.0890 e. The second-order valence-electron chi connectivity index (χ2n) is 5.43. The molecule has 0 amide bonds. The van der Waals surface area contributed by atoms with E-state index in [1.165, 1.54) is 31.2 Å². The molecule has 1 aromatic carbocycles. The summed E-state index contributed by atoms with van der Waals surface area (Å²) < 4.78 is 0. The first-order valence-electron chi connectivity index (χ1n) is 7.32. The highest BCUT2D eigenvalue weighted by Gasteiger charge is 2.28. The standard InChI is InChI=1S/C16H21N3/c1-2-8-19-16(12-4-3-5-12)13-6-7-14-15(11-13)18-10-9-17-14/h6-7,9-12,16,19H,2-5,8H2,1H3. The van der Waals surface area contributed by atoms with Gasteiger partial charge in [0.05, 0.1) is 11.0 Å². The minimum Gasteiger partial charge on any atom is -0.310 e. The molecular formula is C16H21N3. The summed E-state index contributed by atoms with van der Waals surface area (Å²) in [4.78, 5) is 8.76. The highest BCUT2D eigenvalue weighted by molar-refractivity contribution is 5.74. The number of hydrogen-bond acceptors (Lipinski definition) is 3. The molecule has 0 radical (unpaired) electrons. The lowest BCUT2D eigenvalue weighted by molar-refractivity contribution is 0.231. The molecule has 0 spiro atoms. The molecule has 1 N–H and O–H groups in total. The molecule has 19 heavy (non-hydrogen) atoms. The summed E-state index contributed by atoms with van der Waals surface area (Å²) in [5.74, 6) is 0.792. The van der Waals surface area contributed by atoms with Crippen molar-refractivity contribution >= 4 is 11.0 Å². The van der Waals surface area contributed by atoms with Crippen molar-refractivity contribution in [1.82, 2.24) is 15.3 Å². The summed E-state index contributed by atoms with van der Waals surface area (Å²) in [6, 6.07) is 6.99. The molecule has 1 fully saturated rings. The Hall–Kier alpha value is -1.48. The fourth-order valence-electron chi connectivity index (χ4n) is 2.80. The largest absolute Gasteiger partial charge is 0.310 e. The monoisotopic (exact) mass is 255 g/mol. The van der Waals surface area contributed by atoms with Crippen molar-refractivity contribution in [2.24, 2.45) is 5.92 Å². The molecule has 3 rings (SSSR count). The summed E-state index contributed by atoms with van der Waals surface area (Å²) >= 11 is 0. The number of nitrogens with zero attached hydrogens (tertiary/aromatic N) is 2. The molecule has 1 aliphatic carbocycles. The second kappa shape index (κ2) is 5.66. The predicted octanol–water partition coefficient (Wildman–Crippen LogP) is 3.47. The third-order valence-electron chi connectivity index (χ3n) is 4.09. The van der Waals surface area contributed by atoms with Crippen molar-refractivity contribution in [2.75, 3.05) is 6.54 Å². The number of benzene rings is 1. The van der Waals surface area contributed by atoms with Gasteiger partial charge in [-0.15, -0.1) is 0 Å². The number of aromatic nitrogens is 2. The van der Waals surface area contributed by atoms with E-state index < -0.39 is 0 Å². The summed E-state index contributed by atoms with van der Waals surface area (Å²) in [5.41, 5.74) is 3.35. The van der Waals surface area contributed by atoms with E-state index >= 15 is 0 Å². The van der Waals surface area contributed by atoms with Crippen molar-refractivity contribution in [3.05, 3.63) is 36.2 Å². The third kappa shape index (κ3) is 2.61. The zero-order chi connectivity index (χ0) is 13.1. The third-order valence-corrected chi connectivity index (χ3v) is 4.09. The first-order chi connectivity index (χ1) is 9.38. The molecule has 3 heteroatoms. The lowest BCUT2D eigenvalue weighted by Crippen LogP contribution is -2.32. The Kier molecular flexibility index (Phi) is 3.74. The zero-order valence-electron chi connectivity index (χ0n) is 11.5. The van der Waals surface area contributed by atoms with Crippen molar-refractivity contribution < 1.29 is 0 Å². The summed E-state index contributed by atoms with van der Waals surface area (Å²) in [5, 5.41) is 3.70. The molecule has 100 valence electrons. The molecule has 1 unspecified atom stereocenters. The van der Waals surface area contributed by atoms with Crippen molar-refractivity contribution in [3.8, 4) is 0 Å². The number of hydrogen-bond donors (Lipinski definition) is 1. The first-order valence-corrected chi connectivity index (χ1v) is 7.32. The average molecular weight is 255 g/mol. The van der Waals surface area contributed by atoms with Gasteiger partial charge in [0.1, 0.15) is 0 Å². The van der Waals surface area contributed by atoms with Crippen LogP contribution in [0.15, 0.2) is 30.6 Å². The van der Waals surface area contributed by atoms with Gasteiger partial charge in [-0.05, 0) is 49.4 Å². The Balaban J connectivity index is 1.89. The predicted molar refractivity (Wildman–Crippen MR) is 77.9 cm³/mol. The van der Waals surface area contributed by atoms with Gasteiger partial charge in [0.2, 0.25) is 0 Å². The minimum absolute atomic E-state index is 0.486. The van der Waals surface area contributed by atoms with E-state index in [0.717, 1.165) is 23.5 Å². The van der Waals surface area contributed by atoms with E-state index in [4.69, 9.17) is 0 Å². The number of nitrogens with one attached hydrogen (secondary N) is 1. The van der Waals surface area contributed by atoms with Crippen molar-refractivity contribution in [3.63, 3.8) is 0 Å². The van der Waals surface area contributed by atoms with Crippen molar-refractivity contribution in [1.29, 1.82) is 0 Å². The van der Waals surface area contributed by atoms with Gasteiger partial charge in [0.25, 0.3) is 0 Å². The first kappa shape index (κ1) is 12.5. The smallest absolute Gasteiger partial charge is 0.0890 e. The Bertz CT molecular complexity index is 548. The Morgan fingerprint density at radius 3 is 2.68 bits per heavy atom. The summed E-state index contributed by atoms with van der Waals surface area (Å²) in [6.07, 6.45) is 8.77. The van der Waals surface area contributed by atoms with Crippen molar-refractivity contribution in [2.45, 2.75) is 38.6 Å². The lowest BCUT2D eigenvalue weighted by atomic mass is 9.77. The van der Waals surface area contributed by atoms with Crippen LogP contribution in [-0.4, -0.2) is 16.5 Å². The Morgan fingerprint density at radius 1 is 1.21 bits per heavy atom. The molecule has 0 aliphatic heterocycles. The van der Waals surface area contributed by atoms with Crippen LogP contribution in [0.25, 0.3) is 11.0 Å². The summed E-state index contributed by atoms with van der Waals surface area (Å²) in [7, 11) is 0. The summed E-state index contributed by atoms with van der Waals surface area (Å²) in [6.45, 7) is 3.30. The van der Waals surface area contributed by atoms with Gasteiger partial charge in [-0.2, -0.15) is 0 Å². The fourth-order valence-corrected chi connectivity index (χ4v) is 2.80. The van der Waals surface area contributed by atoms with Gasteiger partial charge in [0.15, 0.2) is 0 Å². The minimum atomic E-state index is 0.486. The van der Waals surface area contributed by atoms with Crippen LogP contribution in [0.4, 0.5) is 0 Å². The van der Waals surface area contributed by atoms with Crippen LogP contribution in [0.2, 0.25) is 0 Å². The topological polar surface area (TPSA) is 37.8 Å². The molecule has 1 saturated carbocycles. The molecule has 1 atom stereocenters. The van der Waals surface area contributed by atoms with Crippen LogP contribution in [0.5, 0.6) is 0 Å². The van der Waals surface area contributed by atoms with Gasteiger partial charge >= 0.3 is 0 Å². The van der Waals surface area contributed by atoms with E-state index in [0.29, 0.717) is 6.04 Å². The van der Waals surface area contributed by atoms with E-state index in [9.17, 15) is 0 Å². The average Bonchev–Trinajstić information content (AvgIpc) is 2.40. The Morgan fingerprint density at radius 2 is 2.00 bits per heavy atom. The highest BCUT2D eigenvalue weighted by Crippen LogP contribution is 2.38. The van der Waals surface area contributed by atoms with E-state index in [-0.39, 0.29) is 0 Å². The molecule has 3 nitrogen and oxygen atoms in total. The van der Waals surface area contributed by atoms with Crippen LogP contribution in [0.1, 0.15) is 44.2 Å². The quantitative estimate of drug-likeness (QED) is 0.889. The van der Waals surface area contributed by atoms with Crippen LogP contribution in [0.3, 0.4) is 0 Å². The lowest BCUT2D eigenvalue weighted by Gasteiger charge is -2.35. The maximum atomic E-state index is 4.42. The molecule has 1 aliphatic rings. The Labute approximate surface area is 114 Å². The van der Waals surface area contributed by atoms with Crippen LogP contribution < -0.4 is 5.32 Å². The van der Waals surface area contributed by atoms with Gasteiger partial charge in [0, 0.05) is 18.4 Å². The molecular weight excluding hydrogens is 234 g/mol.